The normalized spacial score (nSPS) is 10.2. The number of nitrogens with zero attached hydrogens (tertiary/aromatic N) is 2. The molecule has 0 amide bonds. The molecular weight excluding hydrogens is 206 g/mol. The third-order valence-corrected chi connectivity index (χ3v) is 2.87. The van der Waals surface area contributed by atoms with Crippen LogP contribution in [0.15, 0.2) is 29.9 Å². The van der Waals surface area contributed by atoms with Crippen molar-refractivity contribution in [2.24, 2.45) is 0 Å². The maximum absolute atomic E-state index is 4.36. The number of hydrogen-bond donors (Lipinski definition) is 1. The summed E-state index contributed by atoms with van der Waals surface area (Å²) in [6, 6.07) is 4.09. The quantitative estimate of drug-likeness (QED) is 0.859. The van der Waals surface area contributed by atoms with Crippen LogP contribution in [-0.4, -0.2) is 16.5 Å². The van der Waals surface area contributed by atoms with Crippen LogP contribution in [0.3, 0.4) is 0 Å². The molecule has 0 atom stereocenters. The Hall–Kier alpha value is -1.42. The minimum Gasteiger partial charge on any atom is -0.368 e. The van der Waals surface area contributed by atoms with Crippen LogP contribution in [-0.2, 0) is 0 Å². The predicted octanol–water partition coefficient (Wildman–Crippen LogP) is 3.03. The molecule has 0 bridgehead atoms. The highest BCUT2D eigenvalue weighted by Gasteiger charge is 2.07. The molecule has 0 spiro atoms. The van der Waals surface area contributed by atoms with E-state index in [9.17, 15) is 0 Å². The summed E-state index contributed by atoms with van der Waals surface area (Å²) in [5, 5.41) is 5.33. The Morgan fingerprint density at radius 2 is 2.20 bits per heavy atom. The van der Waals surface area contributed by atoms with E-state index in [0.717, 1.165) is 29.4 Å². The lowest BCUT2D eigenvalue weighted by atomic mass is 10.3. The second-order valence-electron chi connectivity index (χ2n) is 3.16. The zero-order valence-corrected chi connectivity index (χ0v) is 9.42. The van der Waals surface area contributed by atoms with Gasteiger partial charge in [0, 0.05) is 18.9 Å². The molecular formula is C11H13N3S. The topological polar surface area (TPSA) is 37.8 Å². The van der Waals surface area contributed by atoms with E-state index in [1.54, 1.807) is 23.7 Å². The minimum atomic E-state index is 0.877. The van der Waals surface area contributed by atoms with Crippen LogP contribution in [0.25, 0.3) is 10.6 Å². The Labute approximate surface area is 93.2 Å². The van der Waals surface area contributed by atoms with Crippen LogP contribution < -0.4 is 5.32 Å². The van der Waals surface area contributed by atoms with Gasteiger partial charge in [0.15, 0.2) is 5.82 Å². The lowest BCUT2D eigenvalue weighted by Crippen LogP contribution is -2.04. The van der Waals surface area contributed by atoms with E-state index < -0.39 is 0 Å². The smallest absolute Gasteiger partial charge is 0.153 e. The molecule has 2 rings (SSSR count). The van der Waals surface area contributed by atoms with Gasteiger partial charge in [0.05, 0.1) is 4.88 Å². The van der Waals surface area contributed by atoms with E-state index in [0.29, 0.717) is 0 Å². The summed E-state index contributed by atoms with van der Waals surface area (Å²) in [5.74, 6) is 0.877. The first-order chi connectivity index (χ1) is 7.42. The molecule has 0 radical (unpaired) electrons. The zero-order valence-electron chi connectivity index (χ0n) is 8.60. The Bertz CT molecular complexity index is 412. The van der Waals surface area contributed by atoms with E-state index in [1.165, 1.54) is 0 Å². The van der Waals surface area contributed by atoms with Gasteiger partial charge in [0.2, 0.25) is 0 Å². The monoisotopic (exact) mass is 219 g/mol. The highest BCUT2D eigenvalue weighted by molar-refractivity contribution is 7.13. The van der Waals surface area contributed by atoms with E-state index >= 15 is 0 Å². The highest BCUT2D eigenvalue weighted by atomic mass is 32.1. The van der Waals surface area contributed by atoms with Gasteiger partial charge in [0.25, 0.3) is 0 Å². The summed E-state index contributed by atoms with van der Waals surface area (Å²) in [7, 11) is 0. The fourth-order valence-electron chi connectivity index (χ4n) is 1.30. The summed E-state index contributed by atoms with van der Waals surface area (Å²) in [4.78, 5) is 9.82. The number of aromatic nitrogens is 2. The molecule has 1 N–H and O–H groups in total. The third-order valence-electron chi connectivity index (χ3n) is 2.00. The van der Waals surface area contributed by atoms with Crippen LogP contribution in [0.1, 0.15) is 13.3 Å². The Morgan fingerprint density at radius 3 is 2.93 bits per heavy atom. The van der Waals surface area contributed by atoms with Crippen molar-refractivity contribution in [2.75, 3.05) is 11.9 Å². The first-order valence-electron chi connectivity index (χ1n) is 5.00. The van der Waals surface area contributed by atoms with Gasteiger partial charge >= 0.3 is 0 Å². The number of anilines is 1. The minimum absolute atomic E-state index is 0.877. The molecule has 2 aromatic heterocycles. The van der Waals surface area contributed by atoms with Crippen molar-refractivity contribution >= 4 is 17.2 Å². The van der Waals surface area contributed by atoms with Gasteiger partial charge in [-0.1, -0.05) is 13.0 Å². The summed E-state index contributed by atoms with van der Waals surface area (Å²) in [6.45, 7) is 3.06. The van der Waals surface area contributed by atoms with Gasteiger partial charge in [-0.15, -0.1) is 11.3 Å². The Kier molecular flexibility index (Phi) is 3.29. The fraction of sp³-hybridized carbons (Fsp3) is 0.273. The SMILES string of the molecule is CCCNc1nccnc1-c1cccs1. The fourth-order valence-corrected chi connectivity index (χ4v) is 2.03. The lowest BCUT2D eigenvalue weighted by molar-refractivity contribution is 0.966. The lowest BCUT2D eigenvalue weighted by Gasteiger charge is -2.06. The van der Waals surface area contributed by atoms with E-state index in [-0.39, 0.29) is 0 Å². The van der Waals surface area contributed by atoms with Gasteiger partial charge in [-0.3, -0.25) is 0 Å². The molecule has 0 fully saturated rings. The van der Waals surface area contributed by atoms with Crippen LogP contribution >= 0.6 is 11.3 Å². The van der Waals surface area contributed by atoms with Crippen LogP contribution in [0.2, 0.25) is 0 Å². The van der Waals surface area contributed by atoms with Gasteiger partial charge in [-0.2, -0.15) is 0 Å². The highest BCUT2D eigenvalue weighted by Crippen LogP contribution is 2.27. The van der Waals surface area contributed by atoms with Crippen molar-refractivity contribution in [3.8, 4) is 10.6 Å². The Balaban J connectivity index is 2.30. The Morgan fingerprint density at radius 1 is 1.33 bits per heavy atom. The van der Waals surface area contributed by atoms with Crippen LogP contribution in [0, 0.1) is 0 Å². The maximum atomic E-state index is 4.36. The average molecular weight is 219 g/mol. The van der Waals surface area contributed by atoms with Crippen molar-refractivity contribution in [3.05, 3.63) is 29.9 Å². The van der Waals surface area contributed by atoms with Gasteiger partial charge in [-0.25, -0.2) is 9.97 Å². The van der Waals surface area contributed by atoms with Gasteiger partial charge in [0.1, 0.15) is 5.69 Å². The van der Waals surface area contributed by atoms with Crippen molar-refractivity contribution in [1.29, 1.82) is 0 Å². The van der Waals surface area contributed by atoms with Crippen molar-refractivity contribution in [1.82, 2.24) is 9.97 Å². The van der Waals surface area contributed by atoms with Crippen LogP contribution in [0.5, 0.6) is 0 Å². The molecule has 0 aromatic carbocycles. The molecule has 2 heterocycles. The molecule has 4 heteroatoms. The second kappa shape index (κ2) is 4.89. The molecule has 0 unspecified atom stereocenters. The number of thiophene rings is 1. The average Bonchev–Trinajstić information content (AvgIpc) is 2.80. The van der Waals surface area contributed by atoms with E-state index in [1.807, 2.05) is 11.4 Å². The van der Waals surface area contributed by atoms with Crippen molar-refractivity contribution in [2.45, 2.75) is 13.3 Å². The number of rotatable bonds is 4. The summed E-state index contributed by atoms with van der Waals surface area (Å²) in [6.07, 6.45) is 4.53. The summed E-state index contributed by atoms with van der Waals surface area (Å²) < 4.78 is 0. The number of hydrogen-bond acceptors (Lipinski definition) is 4. The second-order valence-corrected chi connectivity index (χ2v) is 4.11. The first kappa shape index (κ1) is 10.1. The molecule has 78 valence electrons. The molecule has 0 saturated heterocycles. The van der Waals surface area contributed by atoms with E-state index in [2.05, 4.69) is 28.3 Å². The number of nitrogens with one attached hydrogen (secondary N) is 1. The molecule has 0 aliphatic carbocycles. The van der Waals surface area contributed by atoms with Gasteiger partial charge in [-0.05, 0) is 17.9 Å². The first-order valence-corrected chi connectivity index (χ1v) is 5.88. The molecule has 15 heavy (non-hydrogen) atoms. The standard InChI is InChI=1S/C11H13N3S/c1-2-5-13-11-10(12-6-7-14-11)9-4-3-8-15-9/h3-4,6-8H,2,5H2,1H3,(H,13,14). The molecule has 0 aliphatic heterocycles. The zero-order chi connectivity index (χ0) is 10.5. The molecule has 0 saturated carbocycles. The largest absolute Gasteiger partial charge is 0.368 e. The maximum Gasteiger partial charge on any atom is 0.153 e. The van der Waals surface area contributed by atoms with Crippen molar-refractivity contribution < 1.29 is 0 Å². The summed E-state index contributed by atoms with van der Waals surface area (Å²) >= 11 is 1.68. The van der Waals surface area contributed by atoms with Crippen molar-refractivity contribution in [3.63, 3.8) is 0 Å². The summed E-state index contributed by atoms with van der Waals surface area (Å²) in [5.41, 5.74) is 0.945. The van der Waals surface area contributed by atoms with Gasteiger partial charge < -0.3 is 5.32 Å². The molecule has 2 aromatic rings. The molecule has 0 aliphatic rings. The third kappa shape index (κ3) is 2.33. The van der Waals surface area contributed by atoms with E-state index in [4.69, 9.17) is 0 Å². The molecule has 3 nitrogen and oxygen atoms in total. The van der Waals surface area contributed by atoms with Crippen LogP contribution in [0.4, 0.5) is 5.82 Å². The predicted molar refractivity (Wildman–Crippen MR) is 64.1 cm³/mol.